The van der Waals surface area contributed by atoms with E-state index in [1.165, 1.54) is 25.7 Å². The highest BCUT2D eigenvalue weighted by Gasteiger charge is 2.35. The Morgan fingerprint density at radius 2 is 1.74 bits per heavy atom. The number of hydrogen-bond donors (Lipinski definition) is 0. The lowest BCUT2D eigenvalue weighted by Gasteiger charge is -2.22. The van der Waals surface area contributed by atoms with Gasteiger partial charge in [0.25, 0.3) is 0 Å². The Morgan fingerprint density at radius 1 is 1.26 bits per heavy atom. The number of rotatable bonds is 8. The van der Waals surface area contributed by atoms with Crippen LogP contribution in [0.5, 0.6) is 0 Å². The molecule has 3 nitrogen and oxygen atoms in total. The predicted molar refractivity (Wildman–Crippen MR) is 86.6 cm³/mol. The highest BCUT2D eigenvalue weighted by atomic mass is 32.2. The van der Waals surface area contributed by atoms with Crippen molar-refractivity contribution in [3.63, 3.8) is 0 Å². The third kappa shape index (κ3) is 4.63. The Kier molecular flexibility index (Phi) is 5.22. The highest BCUT2D eigenvalue weighted by Crippen LogP contribution is 2.54. The quantitative estimate of drug-likeness (QED) is 0.503. The van der Waals surface area contributed by atoms with Crippen molar-refractivity contribution in [1.29, 1.82) is 0 Å². The lowest BCUT2D eigenvalue weighted by atomic mass is 10.2. The second-order valence-electron chi connectivity index (χ2n) is 5.45. The van der Waals surface area contributed by atoms with Crippen molar-refractivity contribution in [2.24, 2.45) is 5.92 Å². The summed E-state index contributed by atoms with van der Waals surface area (Å²) in [6.45, 7) is 7.39. The van der Waals surface area contributed by atoms with Crippen molar-refractivity contribution in [1.82, 2.24) is 3.85 Å². The zero-order chi connectivity index (χ0) is 14.0. The van der Waals surface area contributed by atoms with Gasteiger partial charge >= 0.3 is 0 Å². The number of allylic oxidation sites excluding steroid dienone is 3. The van der Waals surface area contributed by atoms with Crippen LogP contribution in [0.15, 0.2) is 23.6 Å². The van der Waals surface area contributed by atoms with E-state index in [-0.39, 0.29) is 5.92 Å². The summed E-state index contributed by atoms with van der Waals surface area (Å²) in [6.07, 6.45) is 8.38. The minimum absolute atomic E-state index is 0.102. The lowest BCUT2D eigenvalue weighted by Crippen LogP contribution is -2.18. The van der Waals surface area contributed by atoms with Crippen LogP contribution in [0.25, 0.3) is 0 Å². The van der Waals surface area contributed by atoms with Crippen molar-refractivity contribution in [2.75, 3.05) is 0 Å². The molecule has 0 N–H and O–H groups in total. The minimum Gasteiger partial charge on any atom is -0.207 e. The summed E-state index contributed by atoms with van der Waals surface area (Å²) in [5, 5.41) is 0. The van der Waals surface area contributed by atoms with Crippen molar-refractivity contribution >= 4 is 27.5 Å². The molecule has 2 aliphatic carbocycles. The molecule has 0 amide bonds. The number of nitrogens with zero attached hydrogens (tertiary/aromatic N) is 1. The van der Waals surface area contributed by atoms with Gasteiger partial charge < -0.3 is 0 Å². The molecule has 0 bridgehead atoms. The molecule has 6 heteroatoms. The maximum atomic E-state index is 12.6. The molecule has 0 saturated heterocycles. The molecule has 19 heavy (non-hydrogen) atoms. The fourth-order valence-corrected chi connectivity index (χ4v) is 8.05. The molecule has 0 spiro atoms. The van der Waals surface area contributed by atoms with Gasteiger partial charge in [0.05, 0.1) is 4.91 Å². The molecule has 0 aromatic heterocycles. The Bertz CT molecular complexity index is 453. The first-order valence-corrected chi connectivity index (χ1v) is 10.3. The van der Waals surface area contributed by atoms with Crippen LogP contribution in [0.2, 0.25) is 0 Å². The molecular weight excluding hydrogens is 296 g/mol. The fourth-order valence-electron chi connectivity index (χ4n) is 1.60. The van der Waals surface area contributed by atoms with Gasteiger partial charge in [0.1, 0.15) is 0 Å². The maximum absolute atomic E-state index is 12.6. The monoisotopic (exact) mass is 319 g/mol. The van der Waals surface area contributed by atoms with Crippen molar-refractivity contribution < 1.29 is 8.42 Å². The standard InChI is InChI=1S/C13H23NO2P2S/c1-4-10(2)9-11(3)19(15,16)14(17-12-5-6-12)18-13-7-8-13/h4,9-10,12-13,17-18H,1,5-8H2,2-3H3/t10-/m0/s1. The minimum atomic E-state index is -3.25. The normalized spacial score (nSPS) is 23.8. The van der Waals surface area contributed by atoms with Crippen LogP contribution >= 0.6 is 17.5 Å². The van der Waals surface area contributed by atoms with Gasteiger partial charge in [-0.25, -0.2) is 8.42 Å². The zero-order valence-corrected chi connectivity index (χ0v) is 14.4. The van der Waals surface area contributed by atoms with E-state index in [0.717, 1.165) is 0 Å². The summed E-state index contributed by atoms with van der Waals surface area (Å²) in [7, 11) is -2.33. The van der Waals surface area contributed by atoms with Crippen LogP contribution in [0, 0.1) is 5.92 Å². The van der Waals surface area contributed by atoms with Gasteiger partial charge in [-0.3, -0.25) is 0 Å². The van der Waals surface area contributed by atoms with Crippen LogP contribution in [0.3, 0.4) is 0 Å². The van der Waals surface area contributed by atoms with E-state index >= 15 is 0 Å². The van der Waals surface area contributed by atoms with Crippen LogP contribution in [0.1, 0.15) is 39.5 Å². The summed E-state index contributed by atoms with van der Waals surface area (Å²) < 4.78 is 27.1. The van der Waals surface area contributed by atoms with Crippen LogP contribution in [-0.4, -0.2) is 23.6 Å². The Hall–Kier alpha value is 0.250. The average molecular weight is 319 g/mol. The second-order valence-corrected chi connectivity index (χ2v) is 11.5. The summed E-state index contributed by atoms with van der Waals surface area (Å²) in [5.41, 5.74) is 1.26. The fraction of sp³-hybridized carbons (Fsp3) is 0.692. The van der Waals surface area contributed by atoms with E-state index in [1.54, 1.807) is 16.8 Å². The van der Waals surface area contributed by atoms with Gasteiger partial charge in [0.15, 0.2) is 0 Å². The zero-order valence-electron chi connectivity index (χ0n) is 11.6. The Morgan fingerprint density at radius 3 is 2.11 bits per heavy atom. The van der Waals surface area contributed by atoms with Gasteiger partial charge in [-0.15, -0.1) is 6.58 Å². The van der Waals surface area contributed by atoms with E-state index in [1.807, 2.05) is 13.0 Å². The molecule has 2 rings (SSSR count). The van der Waals surface area contributed by atoms with E-state index < -0.39 is 10.0 Å². The SMILES string of the molecule is C=C[C@H](C)C=C(C)S(=O)(=O)N(PC1CC1)PC1CC1. The molecular formula is C13H23NO2P2S. The largest absolute Gasteiger partial charge is 0.244 e. The summed E-state index contributed by atoms with van der Waals surface area (Å²) in [4.78, 5) is 0.487. The van der Waals surface area contributed by atoms with E-state index in [9.17, 15) is 8.42 Å². The molecule has 0 aliphatic heterocycles. The molecule has 108 valence electrons. The Balaban J connectivity index is 2.11. The maximum Gasteiger partial charge on any atom is 0.244 e. The third-order valence-corrected chi connectivity index (χ3v) is 9.90. The molecule has 2 aliphatic rings. The lowest BCUT2D eigenvalue weighted by molar-refractivity contribution is 0.587. The van der Waals surface area contributed by atoms with Gasteiger partial charge in [-0.05, 0) is 67.3 Å². The van der Waals surface area contributed by atoms with Crippen molar-refractivity contribution in [3.05, 3.63) is 23.6 Å². The van der Waals surface area contributed by atoms with Crippen molar-refractivity contribution in [2.45, 2.75) is 50.8 Å². The number of hydrogen-bond acceptors (Lipinski definition) is 2. The van der Waals surface area contributed by atoms with E-state index in [4.69, 9.17) is 0 Å². The molecule has 2 fully saturated rings. The summed E-state index contributed by atoms with van der Waals surface area (Å²) >= 11 is 0. The first-order valence-electron chi connectivity index (χ1n) is 6.82. The van der Waals surface area contributed by atoms with E-state index in [0.29, 0.717) is 33.7 Å². The number of sulfonamides is 1. The smallest absolute Gasteiger partial charge is 0.207 e. The molecule has 0 aromatic rings. The molecule has 3 atom stereocenters. The molecule has 0 radical (unpaired) electrons. The molecule has 2 unspecified atom stereocenters. The Labute approximate surface area is 120 Å². The topological polar surface area (TPSA) is 37.4 Å². The highest BCUT2D eigenvalue weighted by molar-refractivity contribution is 8.00. The van der Waals surface area contributed by atoms with Gasteiger partial charge in [0.2, 0.25) is 10.0 Å². The predicted octanol–water partition coefficient (Wildman–Crippen LogP) is 3.86. The molecule has 0 heterocycles. The van der Waals surface area contributed by atoms with Crippen LogP contribution in [0.4, 0.5) is 0 Å². The van der Waals surface area contributed by atoms with Gasteiger partial charge in [-0.1, -0.05) is 19.1 Å². The van der Waals surface area contributed by atoms with Crippen LogP contribution < -0.4 is 0 Å². The van der Waals surface area contributed by atoms with E-state index in [2.05, 4.69) is 6.58 Å². The summed E-state index contributed by atoms with van der Waals surface area (Å²) in [5.74, 6) is 0.102. The van der Waals surface area contributed by atoms with Crippen molar-refractivity contribution in [3.8, 4) is 0 Å². The van der Waals surface area contributed by atoms with Gasteiger partial charge in [0, 0.05) is 0 Å². The third-order valence-electron chi connectivity index (χ3n) is 3.27. The first kappa shape index (κ1) is 15.6. The first-order chi connectivity index (χ1) is 8.93. The van der Waals surface area contributed by atoms with Gasteiger partial charge in [-0.2, -0.15) is 3.85 Å². The molecule has 0 aromatic carbocycles. The second kappa shape index (κ2) is 6.35. The van der Waals surface area contributed by atoms with Crippen LogP contribution in [-0.2, 0) is 10.0 Å². The molecule has 2 saturated carbocycles. The average Bonchev–Trinajstić information content (AvgIpc) is 3.22. The summed E-state index contributed by atoms with van der Waals surface area (Å²) in [6, 6.07) is 0.